The van der Waals surface area contributed by atoms with E-state index in [0.29, 0.717) is 0 Å². The quantitative estimate of drug-likeness (QED) is 0.0966. The Hall–Kier alpha value is -1.60. The molecule has 0 radical (unpaired) electrons. The molecule has 0 aromatic carbocycles. The molecule has 16 aliphatic heterocycles. The van der Waals surface area contributed by atoms with Crippen LogP contribution in [0.1, 0.15) is 0 Å². The van der Waals surface area contributed by atoms with Crippen molar-refractivity contribution in [3.8, 4) is 0 Å². The van der Waals surface area contributed by atoms with Gasteiger partial charge < -0.3 is 198 Å². The van der Waals surface area contributed by atoms with E-state index in [1.54, 1.807) is 0 Å². The first-order valence-corrected chi connectivity index (χ1v) is 28.1. The summed E-state index contributed by atoms with van der Waals surface area (Å²) in [6.45, 7) is -8.81. The molecule has 14 bridgehead atoms. The van der Waals surface area contributed by atoms with Gasteiger partial charge >= 0.3 is 0 Å². The van der Waals surface area contributed by atoms with Crippen LogP contribution in [0.4, 0.5) is 0 Å². The standard InChI is InChI=1S/C48H80O40/c49-1-9-17(57)18(58)25(65)41(73-9)88-40-32(72)39-16(8-56)80-48(40)87-38-15(7-55)79-46(31(71)24(38)64)85-36-13(5-53)77-44(29(69)22(36)62)83-34-11(3-51)75-42(27(67)20(34)60)81-33-10(2-50)74-43(26(66)19(33)59)82-35-12(4-52)76-45(28(68)21(35)61)84-37-14(6-54)78-47(86-39)30(70)23(37)63/h9-72H,1-8H2/t9-,10+,11+,12+,13+,14+,15+,16+,17-,18+,19+,20-,21+,22-,23+,24-,25-,26+,27+,28+,29-,30+,31-,32-,33+,34+,35+,36+,37+,38+,39+,40+,41?,42+,43+,44+,45+,46+,47+,48+/m0/s1. The third kappa shape index (κ3) is 13.8. The van der Waals surface area contributed by atoms with E-state index in [1.807, 2.05) is 0 Å². The third-order valence-electron chi connectivity index (χ3n) is 16.9. The first-order chi connectivity index (χ1) is 41.9. The predicted octanol–water partition coefficient (Wildman–Crippen LogP) is -17.4. The van der Waals surface area contributed by atoms with E-state index in [2.05, 4.69) is 0 Å². The molecule has 88 heavy (non-hydrogen) atoms. The molecule has 1 unspecified atom stereocenters. The van der Waals surface area contributed by atoms with E-state index in [-0.39, 0.29) is 0 Å². The van der Waals surface area contributed by atoms with Gasteiger partial charge in [0.15, 0.2) is 50.3 Å². The van der Waals surface area contributed by atoms with Crippen LogP contribution in [-0.4, -0.2) is 421 Å². The number of fused-ring (bicyclic) bond motifs is 7. The van der Waals surface area contributed by atoms with Gasteiger partial charge in [0.05, 0.1) is 52.9 Å². The van der Waals surface area contributed by atoms with Gasteiger partial charge in [-0.2, -0.15) is 0 Å². The Morgan fingerprint density at radius 1 is 0.182 bits per heavy atom. The Bertz CT molecular complexity index is 2140. The zero-order valence-electron chi connectivity index (χ0n) is 46.0. The maximum Gasteiger partial charge on any atom is 0.187 e. The second-order valence-corrected chi connectivity index (χ2v) is 22.5. The molecule has 0 aromatic rings. The zero-order valence-corrected chi connectivity index (χ0v) is 46.0. The summed E-state index contributed by atoms with van der Waals surface area (Å²) in [6, 6.07) is 0. The molecule has 0 amide bonds. The van der Waals surface area contributed by atoms with Gasteiger partial charge in [0.2, 0.25) is 0 Å². The molecule has 16 rings (SSSR count). The second kappa shape index (κ2) is 30.0. The average Bonchev–Trinajstić information content (AvgIpc) is 2.55. The largest absolute Gasteiger partial charge is 0.394 e. The van der Waals surface area contributed by atoms with Crippen molar-refractivity contribution < 1.29 is 198 Å². The predicted molar refractivity (Wildman–Crippen MR) is 261 cm³/mol. The summed E-state index contributed by atoms with van der Waals surface area (Å²) in [4.78, 5) is 0. The van der Waals surface area contributed by atoms with Gasteiger partial charge in [-0.15, -0.1) is 0 Å². The molecule has 0 spiro atoms. The summed E-state index contributed by atoms with van der Waals surface area (Å²) < 4.78 is 92.2. The Morgan fingerprint density at radius 2 is 0.386 bits per heavy atom. The van der Waals surface area contributed by atoms with Crippen LogP contribution in [0.15, 0.2) is 0 Å². The highest BCUT2D eigenvalue weighted by atomic mass is 16.8. The maximum atomic E-state index is 12.2. The molecule has 16 saturated heterocycles. The topological polar surface area (TPSA) is 633 Å². The summed E-state index contributed by atoms with van der Waals surface area (Å²) in [5.74, 6) is 0. The Labute approximate surface area is 496 Å². The number of ether oxygens (including phenoxy) is 16. The molecule has 512 valence electrons. The number of hydrogen-bond donors (Lipinski definition) is 24. The number of aliphatic hydroxyl groups excluding tert-OH is 24. The Morgan fingerprint density at radius 3 is 0.614 bits per heavy atom. The highest BCUT2D eigenvalue weighted by Gasteiger charge is 2.61. The fourth-order valence-electron chi connectivity index (χ4n) is 11.9. The maximum absolute atomic E-state index is 12.2. The highest BCUT2D eigenvalue weighted by molar-refractivity contribution is 5.03. The van der Waals surface area contributed by atoms with Gasteiger partial charge in [-0.1, -0.05) is 0 Å². The van der Waals surface area contributed by atoms with Crippen molar-refractivity contribution >= 4 is 0 Å². The van der Waals surface area contributed by atoms with Crippen molar-refractivity contribution in [2.45, 2.75) is 246 Å². The lowest BCUT2D eigenvalue weighted by atomic mass is 9.94. The molecule has 40 atom stereocenters. The van der Waals surface area contributed by atoms with Crippen LogP contribution < -0.4 is 0 Å². The van der Waals surface area contributed by atoms with Crippen LogP contribution >= 0.6 is 0 Å². The minimum Gasteiger partial charge on any atom is -0.394 e. The lowest BCUT2D eigenvalue weighted by molar-refractivity contribution is -0.410. The summed E-state index contributed by atoms with van der Waals surface area (Å²) in [6.07, 6.45) is -83.5. The molecule has 16 fully saturated rings. The molecule has 16 aliphatic rings. The lowest BCUT2D eigenvalue weighted by Gasteiger charge is -2.51. The van der Waals surface area contributed by atoms with Gasteiger partial charge in [-0.3, -0.25) is 0 Å². The smallest absolute Gasteiger partial charge is 0.187 e. The minimum absolute atomic E-state index is 1.00. The van der Waals surface area contributed by atoms with Crippen molar-refractivity contribution in [1.29, 1.82) is 0 Å². The van der Waals surface area contributed by atoms with Crippen LogP contribution in [-0.2, 0) is 75.8 Å². The molecule has 16 heterocycles. The SMILES string of the molecule is OC[C@@H]1OC(O[C@H]2[C@H]3O[C@H]4[C@@H](O)[C@H](O)[C@@H](O[C@H]5[C@@H](O)[C@H](O)[C@@H](O[C@H]6[C@@H](O)[C@@H](O)[C@@H](O[C@H]7[C@H](O)[C@@H](O)[C@@H](O[C@H]8[C@H](O)[C@@H](O)[C@@H](O[C@H]9[C@H](O)[C@@H](O)[C@@H](O[C@@H]([C@@H]2O)[C@@H](CO)O3)O[C@@H]9CO)O[C@@H]8CO)O[C@@H]7CO)O[C@@H]6CO)O[C@@H]5CO)O[C@@H]4CO)[C@@H](O)[C@H](O)[C@H]1O. The van der Waals surface area contributed by atoms with E-state index >= 15 is 0 Å². The monoisotopic (exact) mass is 1300 g/mol. The summed E-state index contributed by atoms with van der Waals surface area (Å²) >= 11 is 0. The summed E-state index contributed by atoms with van der Waals surface area (Å²) in [5, 5.41) is 265. The molecule has 24 N–H and O–H groups in total. The van der Waals surface area contributed by atoms with Crippen LogP contribution in [0, 0.1) is 0 Å². The van der Waals surface area contributed by atoms with Crippen molar-refractivity contribution in [2.75, 3.05) is 52.9 Å². The van der Waals surface area contributed by atoms with E-state index in [1.165, 1.54) is 0 Å². The van der Waals surface area contributed by atoms with E-state index in [4.69, 9.17) is 75.8 Å². The van der Waals surface area contributed by atoms with Gasteiger partial charge in [-0.05, 0) is 0 Å². The Kier molecular flexibility index (Phi) is 24.1. The highest BCUT2D eigenvalue weighted by Crippen LogP contribution is 2.40. The molecule has 0 aliphatic carbocycles. The van der Waals surface area contributed by atoms with Crippen LogP contribution in [0.25, 0.3) is 0 Å². The van der Waals surface area contributed by atoms with Crippen LogP contribution in [0.3, 0.4) is 0 Å². The van der Waals surface area contributed by atoms with E-state index < -0.39 is 299 Å². The average molecular weight is 1300 g/mol. The van der Waals surface area contributed by atoms with Gasteiger partial charge in [0.1, 0.15) is 195 Å². The molecular formula is C48H80O40. The first kappa shape index (κ1) is 70.7. The molecule has 0 saturated carbocycles. The first-order valence-electron chi connectivity index (χ1n) is 28.1. The molecule has 40 nitrogen and oxygen atoms in total. The van der Waals surface area contributed by atoms with Gasteiger partial charge in [0.25, 0.3) is 0 Å². The van der Waals surface area contributed by atoms with Gasteiger partial charge in [0, 0.05) is 0 Å². The lowest BCUT2D eigenvalue weighted by Crippen LogP contribution is -2.69. The fraction of sp³-hybridized carbons (Fsp3) is 1.00. The van der Waals surface area contributed by atoms with Crippen molar-refractivity contribution in [2.24, 2.45) is 0 Å². The van der Waals surface area contributed by atoms with Crippen LogP contribution in [0.5, 0.6) is 0 Å². The number of aliphatic hydroxyl groups is 24. The molecule has 0 aromatic heterocycles. The van der Waals surface area contributed by atoms with Gasteiger partial charge in [-0.25, -0.2) is 0 Å². The van der Waals surface area contributed by atoms with Crippen LogP contribution in [0.2, 0.25) is 0 Å². The number of rotatable bonds is 10. The van der Waals surface area contributed by atoms with E-state index in [0.717, 1.165) is 0 Å². The van der Waals surface area contributed by atoms with Crippen molar-refractivity contribution in [1.82, 2.24) is 0 Å². The minimum atomic E-state index is -2.35. The zero-order chi connectivity index (χ0) is 64.1. The Balaban J connectivity index is 1.04. The summed E-state index contributed by atoms with van der Waals surface area (Å²) in [5.41, 5.74) is 0. The van der Waals surface area contributed by atoms with E-state index in [9.17, 15) is 123 Å². The normalized spacial score (nSPS) is 55.2. The van der Waals surface area contributed by atoms with Crippen molar-refractivity contribution in [3.63, 3.8) is 0 Å². The summed E-state index contributed by atoms with van der Waals surface area (Å²) in [7, 11) is 0. The van der Waals surface area contributed by atoms with Crippen molar-refractivity contribution in [3.05, 3.63) is 0 Å². The second-order valence-electron chi connectivity index (χ2n) is 22.5. The third-order valence-corrected chi connectivity index (χ3v) is 16.9. The molecular weight excluding hydrogens is 1220 g/mol. The number of hydrogen-bond acceptors (Lipinski definition) is 40. The molecule has 40 heteroatoms. The fourth-order valence-corrected chi connectivity index (χ4v) is 11.9.